The molecule has 0 fully saturated rings. The number of fused-ring (bicyclic) bond motifs is 1. The van der Waals surface area contributed by atoms with Crippen molar-refractivity contribution < 1.29 is 9.18 Å². The van der Waals surface area contributed by atoms with Gasteiger partial charge >= 0.3 is 0 Å². The fourth-order valence-corrected chi connectivity index (χ4v) is 3.30. The van der Waals surface area contributed by atoms with E-state index in [0.717, 1.165) is 40.6 Å². The summed E-state index contributed by atoms with van der Waals surface area (Å²) in [5.74, 6) is 0.471. The maximum Gasteiger partial charge on any atom is 0.227 e. The number of aliphatic imine (C=N–C) groups is 1. The van der Waals surface area contributed by atoms with Crippen LogP contribution < -0.4 is 16.0 Å². The minimum atomic E-state index is -0.243. The third-order valence-electron chi connectivity index (χ3n) is 5.35. The van der Waals surface area contributed by atoms with Crippen molar-refractivity contribution in [2.75, 3.05) is 18.9 Å². The number of H-pyrrole nitrogens is 1. The fraction of sp³-hybridized carbons (Fsp3) is 0.333. The Balaban J connectivity index is 1.50. The normalized spacial score (nSPS) is 12.6. The SMILES string of the molecule is CCC(C)C(=O)Nc1cccc(CNC(=NC)NCCc2c[nH]c3cc(F)ccc23)c1. The van der Waals surface area contributed by atoms with E-state index in [0.29, 0.717) is 19.0 Å². The Morgan fingerprint density at radius 2 is 2.03 bits per heavy atom. The molecule has 1 unspecified atom stereocenters. The molecular weight excluding hydrogens is 393 g/mol. The van der Waals surface area contributed by atoms with Gasteiger partial charge in [0.15, 0.2) is 5.96 Å². The number of anilines is 1. The van der Waals surface area contributed by atoms with Gasteiger partial charge in [0, 0.05) is 48.8 Å². The summed E-state index contributed by atoms with van der Waals surface area (Å²) in [7, 11) is 1.73. The topological polar surface area (TPSA) is 81.3 Å². The maximum atomic E-state index is 13.3. The number of carbonyl (C=O) groups excluding carboxylic acids is 1. The number of nitrogens with zero attached hydrogens (tertiary/aromatic N) is 1. The molecule has 1 heterocycles. The smallest absolute Gasteiger partial charge is 0.227 e. The number of nitrogens with one attached hydrogen (secondary N) is 4. The van der Waals surface area contributed by atoms with Gasteiger partial charge in [-0.05, 0) is 54.3 Å². The molecule has 0 spiro atoms. The number of carbonyl (C=O) groups is 1. The Morgan fingerprint density at radius 1 is 1.19 bits per heavy atom. The quantitative estimate of drug-likeness (QED) is 0.324. The first-order valence-electron chi connectivity index (χ1n) is 10.6. The molecular formula is C24H30FN5O. The highest BCUT2D eigenvalue weighted by atomic mass is 19.1. The van der Waals surface area contributed by atoms with Gasteiger partial charge in [-0.3, -0.25) is 9.79 Å². The highest BCUT2D eigenvalue weighted by molar-refractivity contribution is 5.92. The second kappa shape index (κ2) is 10.6. The molecule has 3 aromatic rings. The van der Waals surface area contributed by atoms with Crippen LogP contribution in [0.1, 0.15) is 31.4 Å². The Bertz CT molecular complexity index is 1060. The second-order valence-electron chi connectivity index (χ2n) is 7.61. The van der Waals surface area contributed by atoms with E-state index in [1.807, 2.05) is 44.3 Å². The van der Waals surface area contributed by atoms with E-state index < -0.39 is 0 Å². The molecule has 0 aliphatic carbocycles. The Kier molecular flexibility index (Phi) is 7.65. The fourth-order valence-electron chi connectivity index (χ4n) is 3.30. The van der Waals surface area contributed by atoms with Crippen molar-refractivity contribution in [3.05, 3.63) is 65.6 Å². The van der Waals surface area contributed by atoms with Gasteiger partial charge in [-0.1, -0.05) is 26.0 Å². The van der Waals surface area contributed by atoms with Crippen LogP contribution in [0.2, 0.25) is 0 Å². The first kappa shape index (κ1) is 22.3. The summed E-state index contributed by atoms with van der Waals surface area (Å²) in [5.41, 5.74) is 3.77. The number of aromatic nitrogens is 1. The summed E-state index contributed by atoms with van der Waals surface area (Å²) < 4.78 is 13.3. The number of rotatable bonds is 8. The number of halogens is 1. The van der Waals surface area contributed by atoms with Crippen molar-refractivity contribution in [3.8, 4) is 0 Å². The molecule has 3 rings (SSSR count). The van der Waals surface area contributed by atoms with Gasteiger partial charge in [0.1, 0.15) is 5.82 Å². The van der Waals surface area contributed by atoms with Crippen LogP contribution in [0, 0.1) is 11.7 Å². The van der Waals surface area contributed by atoms with E-state index in [9.17, 15) is 9.18 Å². The van der Waals surface area contributed by atoms with E-state index in [1.54, 1.807) is 13.1 Å². The lowest BCUT2D eigenvalue weighted by Gasteiger charge is -2.13. The zero-order valence-corrected chi connectivity index (χ0v) is 18.3. The lowest BCUT2D eigenvalue weighted by Crippen LogP contribution is -2.37. The van der Waals surface area contributed by atoms with E-state index in [1.165, 1.54) is 12.1 Å². The zero-order chi connectivity index (χ0) is 22.2. The van der Waals surface area contributed by atoms with Gasteiger partial charge in [0.2, 0.25) is 5.91 Å². The van der Waals surface area contributed by atoms with Crippen LogP contribution in [0.25, 0.3) is 10.9 Å². The lowest BCUT2D eigenvalue weighted by molar-refractivity contribution is -0.119. The van der Waals surface area contributed by atoms with E-state index >= 15 is 0 Å². The molecule has 6 nitrogen and oxygen atoms in total. The number of hydrogen-bond acceptors (Lipinski definition) is 2. The van der Waals surface area contributed by atoms with Crippen LogP contribution in [0.4, 0.5) is 10.1 Å². The Hall–Kier alpha value is -3.35. The minimum absolute atomic E-state index is 0.0130. The van der Waals surface area contributed by atoms with Crippen molar-refractivity contribution >= 4 is 28.5 Å². The van der Waals surface area contributed by atoms with Crippen molar-refractivity contribution in [2.24, 2.45) is 10.9 Å². The standard InChI is InChI=1S/C24H30FN5O/c1-4-16(2)23(31)30-20-7-5-6-17(12-20)14-29-24(26-3)27-11-10-18-15-28-22-13-19(25)8-9-21(18)22/h5-9,12-13,15-16,28H,4,10-11,14H2,1-3H3,(H,30,31)(H2,26,27,29). The van der Waals surface area contributed by atoms with Gasteiger partial charge in [-0.15, -0.1) is 0 Å². The Morgan fingerprint density at radius 3 is 2.81 bits per heavy atom. The van der Waals surface area contributed by atoms with Gasteiger partial charge in [0.25, 0.3) is 0 Å². The van der Waals surface area contributed by atoms with Gasteiger partial charge in [-0.25, -0.2) is 4.39 Å². The molecule has 0 saturated heterocycles. The molecule has 1 amide bonds. The van der Waals surface area contributed by atoms with Crippen molar-refractivity contribution in [2.45, 2.75) is 33.2 Å². The van der Waals surface area contributed by atoms with Crippen LogP contribution in [0.5, 0.6) is 0 Å². The van der Waals surface area contributed by atoms with E-state index in [4.69, 9.17) is 0 Å². The molecule has 164 valence electrons. The molecule has 1 aromatic heterocycles. The molecule has 7 heteroatoms. The van der Waals surface area contributed by atoms with Gasteiger partial charge in [-0.2, -0.15) is 0 Å². The van der Waals surface area contributed by atoms with Crippen LogP contribution in [-0.4, -0.2) is 30.4 Å². The first-order valence-corrected chi connectivity index (χ1v) is 10.6. The molecule has 0 radical (unpaired) electrons. The molecule has 31 heavy (non-hydrogen) atoms. The van der Waals surface area contributed by atoms with Crippen LogP contribution in [-0.2, 0) is 17.8 Å². The van der Waals surface area contributed by atoms with E-state index in [-0.39, 0.29) is 17.6 Å². The molecule has 0 bridgehead atoms. The summed E-state index contributed by atoms with van der Waals surface area (Å²) in [6.07, 6.45) is 3.51. The van der Waals surface area contributed by atoms with Crippen LogP contribution >= 0.6 is 0 Å². The van der Waals surface area contributed by atoms with Crippen molar-refractivity contribution in [1.82, 2.24) is 15.6 Å². The number of aromatic amines is 1. The number of hydrogen-bond donors (Lipinski definition) is 4. The summed E-state index contributed by atoms with van der Waals surface area (Å²) >= 11 is 0. The summed E-state index contributed by atoms with van der Waals surface area (Å²) in [4.78, 5) is 19.5. The Labute approximate surface area is 182 Å². The average Bonchev–Trinajstić information content (AvgIpc) is 3.17. The average molecular weight is 424 g/mol. The van der Waals surface area contributed by atoms with Crippen LogP contribution in [0.15, 0.2) is 53.7 Å². The molecule has 0 aliphatic heterocycles. The molecule has 0 aliphatic rings. The monoisotopic (exact) mass is 423 g/mol. The number of benzene rings is 2. The predicted octanol–water partition coefficient (Wildman–Crippen LogP) is 4.20. The number of amides is 1. The molecule has 4 N–H and O–H groups in total. The van der Waals surface area contributed by atoms with Crippen molar-refractivity contribution in [3.63, 3.8) is 0 Å². The largest absolute Gasteiger partial charge is 0.361 e. The van der Waals surface area contributed by atoms with Crippen LogP contribution in [0.3, 0.4) is 0 Å². The summed E-state index contributed by atoms with van der Waals surface area (Å²) in [6.45, 7) is 5.20. The molecule has 1 atom stereocenters. The zero-order valence-electron chi connectivity index (χ0n) is 18.3. The highest BCUT2D eigenvalue weighted by Crippen LogP contribution is 2.19. The molecule has 2 aromatic carbocycles. The minimum Gasteiger partial charge on any atom is -0.361 e. The molecule has 0 saturated carbocycles. The lowest BCUT2D eigenvalue weighted by atomic mass is 10.1. The van der Waals surface area contributed by atoms with E-state index in [2.05, 4.69) is 25.9 Å². The van der Waals surface area contributed by atoms with Crippen molar-refractivity contribution in [1.29, 1.82) is 0 Å². The maximum absolute atomic E-state index is 13.3. The third kappa shape index (κ3) is 6.07. The third-order valence-corrected chi connectivity index (χ3v) is 5.35. The highest BCUT2D eigenvalue weighted by Gasteiger charge is 2.10. The number of guanidine groups is 1. The van der Waals surface area contributed by atoms with Gasteiger partial charge in [0.05, 0.1) is 0 Å². The first-order chi connectivity index (χ1) is 15.0. The summed E-state index contributed by atoms with van der Waals surface area (Å²) in [5, 5.41) is 10.6. The predicted molar refractivity (Wildman–Crippen MR) is 125 cm³/mol. The summed E-state index contributed by atoms with van der Waals surface area (Å²) in [6, 6.07) is 12.6. The van der Waals surface area contributed by atoms with Gasteiger partial charge < -0.3 is 20.9 Å². The second-order valence-corrected chi connectivity index (χ2v) is 7.61.